The Labute approximate surface area is 321 Å². The van der Waals surface area contributed by atoms with E-state index in [-0.39, 0.29) is 43.8 Å². The van der Waals surface area contributed by atoms with Gasteiger partial charge in [-0.3, -0.25) is 4.79 Å². The van der Waals surface area contributed by atoms with Crippen molar-refractivity contribution in [2.75, 3.05) is 26.1 Å². The van der Waals surface area contributed by atoms with Crippen LogP contribution in [0.4, 0.5) is 5.69 Å². The fourth-order valence-electron chi connectivity index (χ4n) is 7.59. The van der Waals surface area contributed by atoms with E-state index < -0.39 is 25.9 Å². The first kappa shape index (κ1) is 35.7. The summed E-state index contributed by atoms with van der Waals surface area (Å²) >= 11 is 12.6. The standard InChI is InChI=1S/C43H33Cl2NO7S/c1-43(2)32-14-22(6-10-27(32)28-11-8-24(15-33(28)43)26-13-9-25(46(3)4)17-38(26)52-5)23-7-12-29(41(16-23)54(49,50)51)42-30-18-34(44)36(47)20-39(30)53-40-21-37(48)35(45)19-31(40)42/h6-21,47H,1-5H3,(H,49,50,51)/p-1. The molecular weight excluding hydrogens is 745 g/mol. The second-order valence-electron chi connectivity index (χ2n) is 14.1. The molecule has 11 heteroatoms. The molecule has 0 aromatic heterocycles. The lowest BCUT2D eigenvalue weighted by molar-refractivity contribution is 0.416. The van der Waals surface area contributed by atoms with Gasteiger partial charge in [-0.05, 0) is 81.4 Å². The van der Waals surface area contributed by atoms with Gasteiger partial charge < -0.3 is 23.7 Å². The number of anilines is 1. The number of fused-ring (bicyclic) bond motifs is 5. The molecule has 0 bridgehead atoms. The zero-order valence-electron chi connectivity index (χ0n) is 29.7. The minimum absolute atomic E-state index is 0.0248. The molecular formula is C43H32Cl2NO7S-. The van der Waals surface area contributed by atoms with Gasteiger partial charge >= 0.3 is 0 Å². The van der Waals surface area contributed by atoms with Gasteiger partial charge in [-0.1, -0.05) is 73.4 Å². The summed E-state index contributed by atoms with van der Waals surface area (Å²) < 4.78 is 51.0. The SMILES string of the molecule is COc1cc(N(C)C)ccc1-c1ccc2c(c1)C(C)(C)c1cc(-c3ccc(-c4c5cc(Cl)c(=O)cc-5oc5cc(O)c(Cl)cc45)c(S(=O)(=O)[O-])c3)ccc1-2. The Kier molecular flexibility index (Phi) is 8.35. The average Bonchev–Trinajstić information content (AvgIpc) is 3.36. The molecule has 5 aromatic rings. The maximum absolute atomic E-state index is 13.1. The third-order valence-corrected chi connectivity index (χ3v) is 11.9. The van der Waals surface area contributed by atoms with E-state index in [0.717, 1.165) is 50.4 Å². The second kappa shape index (κ2) is 12.6. The Balaban J connectivity index is 1.26. The van der Waals surface area contributed by atoms with Crippen LogP contribution in [-0.4, -0.2) is 39.3 Å². The summed E-state index contributed by atoms with van der Waals surface area (Å²) in [6, 6.07) is 28.5. The van der Waals surface area contributed by atoms with Crippen molar-refractivity contribution in [1.29, 1.82) is 0 Å². The number of phenolic OH excluding ortho intramolecular Hbond substituents is 1. The highest BCUT2D eigenvalue weighted by Crippen LogP contribution is 2.52. The van der Waals surface area contributed by atoms with Gasteiger partial charge in [0.2, 0.25) is 5.43 Å². The third kappa shape index (κ3) is 5.70. The van der Waals surface area contributed by atoms with Crippen molar-refractivity contribution in [3.63, 3.8) is 0 Å². The molecule has 3 aliphatic rings. The molecule has 0 fully saturated rings. The molecule has 8 rings (SSSR count). The summed E-state index contributed by atoms with van der Waals surface area (Å²) in [6.07, 6.45) is 0. The number of methoxy groups -OCH3 is 1. The van der Waals surface area contributed by atoms with E-state index >= 15 is 0 Å². The molecule has 54 heavy (non-hydrogen) atoms. The van der Waals surface area contributed by atoms with Crippen LogP contribution in [0.5, 0.6) is 11.5 Å². The largest absolute Gasteiger partial charge is 0.744 e. The molecule has 0 amide bonds. The first-order valence-corrected chi connectivity index (χ1v) is 19.1. The highest BCUT2D eigenvalue weighted by molar-refractivity contribution is 7.85. The molecule has 1 aliphatic heterocycles. The molecule has 0 spiro atoms. The van der Waals surface area contributed by atoms with Gasteiger partial charge in [0.15, 0.2) is 0 Å². The van der Waals surface area contributed by atoms with E-state index in [1.54, 1.807) is 19.2 Å². The van der Waals surface area contributed by atoms with Gasteiger partial charge in [-0.2, -0.15) is 0 Å². The van der Waals surface area contributed by atoms with Gasteiger partial charge in [0, 0.05) is 71.0 Å². The molecule has 272 valence electrons. The fraction of sp³-hybridized carbons (Fsp3) is 0.140. The maximum atomic E-state index is 13.1. The Morgan fingerprint density at radius 3 is 2.00 bits per heavy atom. The van der Waals surface area contributed by atoms with Crippen molar-refractivity contribution in [3.8, 4) is 67.3 Å². The number of benzene rings is 6. The predicted octanol–water partition coefficient (Wildman–Crippen LogP) is 10.2. The number of aromatic hydroxyl groups is 1. The highest BCUT2D eigenvalue weighted by atomic mass is 35.5. The van der Waals surface area contributed by atoms with E-state index in [4.69, 9.17) is 32.4 Å². The zero-order chi connectivity index (χ0) is 38.4. The van der Waals surface area contributed by atoms with Crippen molar-refractivity contribution in [2.24, 2.45) is 0 Å². The van der Waals surface area contributed by atoms with Crippen LogP contribution in [-0.2, 0) is 15.5 Å². The lowest BCUT2D eigenvalue weighted by atomic mass is 9.80. The van der Waals surface area contributed by atoms with E-state index in [2.05, 4.69) is 44.2 Å². The van der Waals surface area contributed by atoms with Crippen molar-refractivity contribution in [3.05, 3.63) is 128 Å². The summed E-state index contributed by atoms with van der Waals surface area (Å²) in [5, 5.41) is 10.5. The number of halogens is 2. The minimum Gasteiger partial charge on any atom is -0.744 e. The summed E-state index contributed by atoms with van der Waals surface area (Å²) in [6.45, 7) is 4.32. The van der Waals surface area contributed by atoms with Crippen LogP contribution < -0.4 is 15.1 Å². The van der Waals surface area contributed by atoms with Crippen LogP contribution in [0.2, 0.25) is 10.0 Å². The predicted molar refractivity (Wildman–Crippen MR) is 214 cm³/mol. The van der Waals surface area contributed by atoms with E-state index in [1.165, 1.54) is 30.3 Å². The summed E-state index contributed by atoms with van der Waals surface area (Å²) in [4.78, 5) is 14.0. The minimum atomic E-state index is -5.08. The summed E-state index contributed by atoms with van der Waals surface area (Å²) in [5.41, 5.74) is 8.41. The molecule has 0 atom stereocenters. The molecule has 0 saturated carbocycles. The molecule has 0 unspecified atom stereocenters. The topological polar surface area (TPSA) is 120 Å². The third-order valence-electron chi connectivity index (χ3n) is 10.4. The van der Waals surface area contributed by atoms with Gasteiger partial charge in [-0.25, -0.2) is 8.42 Å². The molecule has 1 heterocycles. The molecule has 0 radical (unpaired) electrons. The average molecular weight is 778 g/mol. The second-order valence-corrected chi connectivity index (χ2v) is 16.3. The fourth-order valence-corrected chi connectivity index (χ4v) is 8.63. The zero-order valence-corrected chi connectivity index (χ0v) is 32.1. The number of ether oxygens (including phenoxy) is 1. The van der Waals surface area contributed by atoms with Crippen molar-refractivity contribution < 1.29 is 27.2 Å². The molecule has 2 aliphatic carbocycles. The van der Waals surface area contributed by atoms with E-state index in [0.29, 0.717) is 10.9 Å². The van der Waals surface area contributed by atoms with Crippen molar-refractivity contribution in [2.45, 2.75) is 24.2 Å². The Morgan fingerprint density at radius 1 is 0.741 bits per heavy atom. The summed E-state index contributed by atoms with van der Waals surface area (Å²) in [7, 11) is 0.565. The quantitative estimate of drug-likeness (QED) is 0.131. The molecule has 5 aromatic carbocycles. The molecule has 0 saturated heterocycles. The first-order chi connectivity index (χ1) is 25.6. The smallest absolute Gasteiger partial charge is 0.200 e. The highest BCUT2D eigenvalue weighted by Gasteiger charge is 2.36. The first-order valence-electron chi connectivity index (χ1n) is 16.9. The van der Waals surface area contributed by atoms with Gasteiger partial charge in [0.1, 0.15) is 33.0 Å². The maximum Gasteiger partial charge on any atom is 0.200 e. The van der Waals surface area contributed by atoms with E-state index in [1.807, 2.05) is 43.3 Å². The lowest BCUT2D eigenvalue weighted by Crippen LogP contribution is -2.15. The number of hydrogen-bond acceptors (Lipinski definition) is 8. The molecule has 8 nitrogen and oxygen atoms in total. The Bertz CT molecular complexity index is 2860. The van der Waals surface area contributed by atoms with Gasteiger partial charge in [0.05, 0.1) is 22.1 Å². The Hall–Kier alpha value is -5.32. The normalized spacial score (nSPS) is 13.3. The van der Waals surface area contributed by atoms with Crippen molar-refractivity contribution >= 4 is 50.0 Å². The summed E-state index contributed by atoms with van der Waals surface area (Å²) in [5.74, 6) is 0.576. The number of phenols is 1. The van der Waals surface area contributed by atoms with Crippen LogP contribution in [0.1, 0.15) is 25.0 Å². The van der Waals surface area contributed by atoms with Crippen LogP contribution in [0.15, 0.2) is 111 Å². The number of hydrogen-bond donors (Lipinski definition) is 1. The van der Waals surface area contributed by atoms with Gasteiger partial charge in [-0.15, -0.1) is 0 Å². The van der Waals surface area contributed by atoms with Crippen LogP contribution >= 0.6 is 23.2 Å². The lowest BCUT2D eigenvalue weighted by Gasteiger charge is -2.23. The van der Waals surface area contributed by atoms with Crippen molar-refractivity contribution in [1.82, 2.24) is 0 Å². The van der Waals surface area contributed by atoms with Crippen LogP contribution in [0.3, 0.4) is 0 Å². The molecule has 1 N–H and O–H groups in total. The van der Waals surface area contributed by atoms with Gasteiger partial charge in [0.25, 0.3) is 0 Å². The monoisotopic (exact) mass is 776 g/mol. The van der Waals surface area contributed by atoms with Crippen LogP contribution in [0, 0.1) is 0 Å². The Morgan fingerprint density at radius 2 is 1.35 bits per heavy atom. The van der Waals surface area contributed by atoms with Crippen LogP contribution in [0.25, 0.3) is 66.8 Å². The number of nitrogens with zero attached hydrogens (tertiary/aromatic N) is 1. The van der Waals surface area contributed by atoms with E-state index in [9.17, 15) is 22.9 Å². The number of rotatable bonds is 6.